The number of ether oxygens (including phenoxy) is 5. The van der Waals surface area contributed by atoms with Gasteiger partial charge in [0.15, 0.2) is 0 Å². The first-order valence-electron chi connectivity index (χ1n) is 10.9. The SMILES string of the molecule is CCOc1ccc(CCCc2ccc(OC)cc2OC)c(OCc2ccc(OC)cc2)c1. The zero-order valence-corrected chi connectivity index (χ0v) is 19.4. The molecule has 3 rings (SSSR count). The van der Waals surface area contributed by atoms with Crippen LogP contribution in [0.2, 0.25) is 0 Å². The van der Waals surface area contributed by atoms with Crippen LogP contribution in [0.1, 0.15) is 30.0 Å². The van der Waals surface area contributed by atoms with E-state index in [1.54, 1.807) is 21.3 Å². The summed E-state index contributed by atoms with van der Waals surface area (Å²) in [5.41, 5.74) is 3.41. The van der Waals surface area contributed by atoms with Crippen molar-refractivity contribution < 1.29 is 23.7 Å². The average Bonchev–Trinajstić information content (AvgIpc) is 2.84. The third-order valence-electron chi connectivity index (χ3n) is 5.29. The summed E-state index contributed by atoms with van der Waals surface area (Å²) < 4.78 is 27.9. The van der Waals surface area contributed by atoms with Crippen LogP contribution in [0.4, 0.5) is 0 Å². The Morgan fingerprint density at radius 3 is 1.81 bits per heavy atom. The van der Waals surface area contributed by atoms with Gasteiger partial charge in [-0.2, -0.15) is 0 Å². The van der Waals surface area contributed by atoms with Crippen molar-refractivity contribution in [2.45, 2.75) is 32.8 Å². The number of rotatable bonds is 12. The topological polar surface area (TPSA) is 46.2 Å². The van der Waals surface area contributed by atoms with Crippen LogP contribution in [-0.4, -0.2) is 27.9 Å². The molecule has 0 N–H and O–H groups in total. The number of benzene rings is 3. The fourth-order valence-electron chi connectivity index (χ4n) is 3.54. The Morgan fingerprint density at radius 1 is 0.594 bits per heavy atom. The molecule has 0 fully saturated rings. The molecule has 0 heterocycles. The van der Waals surface area contributed by atoms with E-state index in [9.17, 15) is 0 Å². The number of aryl methyl sites for hydroxylation is 2. The Bertz CT molecular complexity index is 982. The molecule has 5 nitrogen and oxygen atoms in total. The lowest BCUT2D eigenvalue weighted by molar-refractivity contribution is 0.296. The van der Waals surface area contributed by atoms with Crippen LogP contribution in [0.25, 0.3) is 0 Å². The molecule has 0 amide bonds. The van der Waals surface area contributed by atoms with Crippen molar-refractivity contribution in [3.8, 4) is 28.7 Å². The lowest BCUT2D eigenvalue weighted by atomic mass is 10.0. The maximum atomic E-state index is 6.20. The van der Waals surface area contributed by atoms with Crippen LogP contribution >= 0.6 is 0 Å². The van der Waals surface area contributed by atoms with E-state index in [2.05, 4.69) is 12.1 Å². The summed E-state index contributed by atoms with van der Waals surface area (Å²) in [5.74, 6) is 4.16. The number of methoxy groups -OCH3 is 3. The quantitative estimate of drug-likeness (QED) is 0.356. The van der Waals surface area contributed by atoms with Crippen LogP contribution in [0.15, 0.2) is 60.7 Å². The van der Waals surface area contributed by atoms with Crippen LogP contribution in [-0.2, 0) is 19.4 Å². The molecule has 32 heavy (non-hydrogen) atoms. The van der Waals surface area contributed by atoms with Crippen LogP contribution in [0.5, 0.6) is 28.7 Å². The van der Waals surface area contributed by atoms with Crippen molar-refractivity contribution >= 4 is 0 Å². The van der Waals surface area contributed by atoms with Gasteiger partial charge in [0, 0.05) is 12.1 Å². The fraction of sp³-hybridized carbons (Fsp3) is 0.333. The lowest BCUT2D eigenvalue weighted by Gasteiger charge is -2.15. The van der Waals surface area contributed by atoms with Gasteiger partial charge in [-0.3, -0.25) is 0 Å². The summed E-state index contributed by atoms with van der Waals surface area (Å²) in [4.78, 5) is 0. The fourth-order valence-corrected chi connectivity index (χ4v) is 3.54. The van der Waals surface area contributed by atoms with Gasteiger partial charge in [0.1, 0.15) is 35.4 Å². The van der Waals surface area contributed by atoms with E-state index in [-0.39, 0.29) is 0 Å². The summed E-state index contributed by atoms with van der Waals surface area (Å²) >= 11 is 0. The van der Waals surface area contributed by atoms with E-state index in [0.29, 0.717) is 13.2 Å². The Labute approximate surface area is 190 Å². The summed E-state index contributed by atoms with van der Waals surface area (Å²) in [6.07, 6.45) is 2.76. The summed E-state index contributed by atoms with van der Waals surface area (Å²) in [6, 6.07) is 20.0. The molecule has 0 aromatic heterocycles. The van der Waals surface area contributed by atoms with Crippen molar-refractivity contribution in [2.75, 3.05) is 27.9 Å². The third-order valence-corrected chi connectivity index (χ3v) is 5.29. The zero-order chi connectivity index (χ0) is 22.8. The van der Waals surface area contributed by atoms with E-state index in [4.69, 9.17) is 23.7 Å². The molecule has 0 aliphatic heterocycles. The largest absolute Gasteiger partial charge is 0.497 e. The minimum Gasteiger partial charge on any atom is -0.497 e. The third kappa shape index (κ3) is 6.33. The summed E-state index contributed by atoms with van der Waals surface area (Å²) in [5, 5.41) is 0. The Hall–Kier alpha value is -3.34. The number of hydrogen-bond acceptors (Lipinski definition) is 5. The van der Waals surface area contributed by atoms with Gasteiger partial charge < -0.3 is 23.7 Å². The zero-order valence-electron chi connectivity index (χ0n) is 19.4. The highest BCUT2D eigenvalue weighted by atomic mass is 16.5. The normalized spacial score (nSPS) is 10.5. The molecular formula is C27H32O5. The molecular weight excluding hydrogens is 404 g/mol. The Balaban J connectivity index is 1.68. The van der Waals surface area contributed by atoms with Gasteiger partial charge in [0.25, 0.3) is 0 Å². The number of hydrogen-bond donors (Lipinski definition) is 0. The molecule has 0 spiro atoms. The molecule has 0 bridgehead atoms. The molecule has 3 aromatic rings. The summed E-state index contributed by atoms with van der Waals surface area (Å²) in [7, 11) is 5.02. The molecule has 5 heteroatoms. The van der Waals surface area contributed by atoms with E-state index in [1.807, 2.05) is 55.5 Å². The van der Waals surface area contributed by atoms with Gasteiger partial charge in [-0.25, -0.2) is 0 Å². The van der Waals surface area contributed by atoms with E-state index in [1.165, 1.54) is 5.56 Å². The molecule has 0 aliphatic carbocycles. The van der Waals surface area contributed by atoms with E-state index < -0.39 is 0 Å². The predicted molar refractivity (Wildman–Crippen MR) is 127 cm³/mol. The van der Waals surface area contributed by atoms with Gasteiger partial charge in [-0.15, -0.1) is 0 Å². The second-order valence-electron chi connectivity index (χ2n) is 7.37. The van der Waals surface area contributed by atoms with E-state index >= 15 is 0 Å². The van der Waals surface area contributed by atoms with Crippen LogP contribution in [0.3, 0.4) is 0 Å². The van der Waals surface area contributed by atoms with Gasteiger partial charge in [-0.1, -0.05) is 24.3 Å². The lowest BCUT2D eigenvalue weighted by Crippen LogP contribution is -2.01. The van der Waals surface area contributed by atoms with Crippen molar-refractivity contribution in [1.29, 1.82) is 0 Å². The molecule has 170 valence electrons. The molecule has 0 saturated carbocycles. The first-order chi connectivity index (χ1) is 15.7. The molecule has 0 atom stereocenters. The molecule has 0 aliphatic rings. The first-order valence-corrected chi connectivity index (χ1v) is 10.9. The van der Waals surface area contributed by atoms with Gasteiger partial charge in [-0.05, 0) is 67.1 Å². The smallest absolute Gasteiger partial charge is 0.126 e. The van der Waals surface area contributed by atoms with Gasteiger partial charge in [0.2, 0.25) is 0 Å². The standard InChI is InChI=1S/C27H32O5/c1-5-31-25-16-12-22(8-6-7-21-11-15-24(29-3)17-26(21)30-4)27(18-25)32-19-20-9-13-23(28-2)14-10-20/h9-18H,5-8,19H2,1-4H3. The van der Waals surface area contributed by atoms with Crippen molar-refractivity contribution in [1.82, 2.24) is 0 Å². The molecule has 0 saturated heterocycles. The Kier molecular flexibility index (Phi) is 8.67. The summed E-state index contributed by atoms with van der Waals surface area (Å²) in [6.45, 7) is 3.08. The van der Waals surface area contributed by atoms with Crippen molar-refractivity contribution in [3.63, 3.8) is 0 Å². The predicted octanol–water partition coefficient (Wildman–Crippen LogP) is 5.87. The van der Waals surface area contributed by atoms with Crippen LogP contribution in [0, 0.1) is 0 Å². The first kappa shape index (κ1) is 23.3. The average molecular weight is 437 g/mol. The molecule has 0 unspecified atom stereocenters. The Morgan fingerprint density at radius 2 is 1.19 bits per heavy atom. The van der Waals surface area contributed by atoms with Gasteiger partial charge in [0.05, 0.1) is 27.9 Å². The van der Waals surface area contributed by atoms with Crippen LogP contribution < -0.4 is 23.7 Å². The highest BCUT2D eigenvalue weighted by Crippen LogP contribution is 2.29. The minimum atomic E-state index is 0.485. The highest BCUT2D eigenvalue weighted by Gasteiger charge is 2.10. The minimum absolute atomic E-state index is 0.485. The van der Waals surface area contributed by atoms with E-state index in [0.717, 1.165) is 59.1 Å². The highest BCUT2D eigenvalue weighted by molar-refractivity contribution is 5.43. The second kappa shape index (κ2) is 11.9. The molecule has 3 aromatic carbocycles. The van der Waals surface area contributed by atoms with Gasteiger partial charge >= 0.3 is 0 Å². The van der Waals surface area contributed by atoms with Crippen molar-refractivity contribution in [3.05, 3.63) is 77.4 Å². The maximum Gasteiger partial charge on any atom is 0.126 e. The second-order valence-corrected chi connectivity index (χ2v) is 7.37. The molecule has 0 radical (unpaired) electrons. The monoisotopic (exact) mass is 436 g/mol. The van der Waals surface area contributed by atoms with Crippen molar-refractivity contribution in [2.24, 2.45) is 0 Å². The maximum absolute atomic E-state index is 6.20.